The molecule has 1 aliphatic rings. The smallest absolute Gasteiger partial charge is 0.328 e. The van der Waals surface area contributed by atoms with Crippen molar-refractivity contribution in [1.29, 1.82) is 0 Å². The van der Waals surface area contributed by atoms with E-state index in [0.717, 1.165) is 0 Å². The van der Waals surface area contributed by atoms with Gasteiger partial charge in [0.1, 0.15) is 17.6 Å². The van der Waals surface area contributed by atoms with Crippen molar-refractivity contribution >= 4 is 35.1 Å². The summed E-state index contributed by atoms with van der Waals surface area (Å²) in [6.45, 7) is 3.43. The van der Waals surface area contributed by atoms with Crippen molar-refractivity contribution in [3.8, 4) is 5.75 Å². The molecule has 2 heterocycles. The highest BCUT2D eigenvalue weighted by Gasteiger charge is 2.38. The highest BCUT2D eigenvalue weighted by Crippen LogP contribution is 2.27. The van der Waals surface area contributed by atoms with Crippen molar-refractivity contribution in [2.24, 2.45) is 0 Å². The van der Waals surface area contributed by atoms with Gasteiger partial charge in [-0.3, -0.25) is 4.79 Å². The molecule has 1 aromatic heterocycles. The number of aliphatic carboxylic acids is 1. The number of hydrogen-bond donors (Lipinski definition) is 1. The van der Waals surface area contributed by atoms with Gasteiger partial charge >= 0.3 is 5.97 Å². The molecule has 138 valence electrons. The summed E-state index contributed by atoms with van der Waals surface area (Å²) in [5.74, 6) is -0.0501. The van der Waals surface area contributed by atoms with Crippen LogP contribution < -0.4 is 4.74 Å². The lowest BCUT2D eigenvalue weighted by molar-refractivity contribution is -0.155. The summed E-state index contributed by atoms with van der Waals surface area (Å²) in [7, 11) is 0. The van der Waals surface area contributed by atoms with E-state index in [1.165, 1.54) is 11.0 Å². The van der Waals surface area contributed by atoms with Crippen molar-refractivity contribution in [2.75, 3.05) is 0 Å². The molecule has 1 amide bonds. The fourth-order valence-corrected chi connectivity index (χ4v) is 3.08. The van der Waals surface area contributed by atoms with Crippen LogP contribution >= 0.6 is 23.2 Å². The summed E-state index contributed by atoms with van der Waals surface area (Å²) in [4.78, 5) is 25.7. The van der Waals surface area contributed by atoms with Crippen LogP contribution in [0.1, 0.15) is 18.6 Å². The van der Waals surface area contributed by atoms with Crippen LogP contribution in [0.25, 0.3) is 0 Å². The Bertz CT molecular complexity index is 870. The predicted molar refractivity (Wildman–Crippen MR) is 93.3 cm³/mol. The summed E-state index contributed by atoms with van der Waals surface area (Å²) in [6, 6.07) is 3.62. The molecule has 1 aliphatic heterocycles. The van der Waals surface area contributed by atoms with Crippen molar-refractivity contribution in [3.63, 3.8) is 0 Å². The molecular formula is C16H16Cl2N4O4. The van der Waals surface area contributed by atoms with Crippen LogP contribution in [0, 0.1) is 6.92 Å². The van der Waals surface area contributed by atoms with Gasteiger partial charge in [0.05, 0.1) is 23.1 Å². The van der Waals surface area contributed by atoms with Crippen LogP contribution in [0.4, 0.5) is 0 Å². The van der Waals surface area contributed by atoms with E-state index in [-0.39, 0.29) is 13.1 Å². The van der Waals surface area contributed by atoms with Gasteiger partial charge in [0.2, 0.25) is 0 Å². The Kier molecular flexibility index (Phi) is 5.06. The lowest BCUT2D eigenvalue weighted by Gasteiger charge is -2.34. The number of carboxylic acids is 1. The fraction of sp³-hybridized carbons (Fsp3) is 0.375. The van der Waals surface area contributed by atoms with E-state index >= 15 is 0 Å². The number of ether oxygens (including phenoxy) is 1. The van der Waals surface area contributed by atoms with Gasteiger partial charge in [-0.15, -0.1) is 10.2 Å². The van der Waals surface area contributed by atoms with Gasteiger partial charge in [0, 0.05) is 6.07 Å². The first kappa shape index (κ1) is 18.5. The van der Waals surface area contributed by atoms with E-state index in [9.17, 15) is 14.7 Å². The minimum atomic E-state index is -1.10. The first-order chi connectivity index (χ1) is 12.3. The standard InChI is InChI=1S/C16H16Cl2N4O4/c1-8(26-10-3-4-11(17)12(18)5-10)15(23)22-7-14-20-19-9(2)21(14)6-13(22)16(24)25/h3-5,8,13H,6-7H2,1-2H3,(H,24,25). The minimum absolute atomic E-state index is 0.0473. The summed E-state index contributed by atoms with van der Waals surface area (Å²) >= 11 is 11.8. The number of benzene rings is 1. The Hall–Kier alpha value is -2.32. The van der Waals surface area contributed by atoms with Gasteiger partial charge in [-0.05, 0) is 26.0 Å². The van der Waals surface area contributed by atoms with Crippen molar-refractivity contribution in [1.82, 2.24) is 19.7 Å². The molecule has 26 heavy (non-hydrogen) atoms. The summed E-state index contributed by atoms with van der Waals surface area (Å²) in [5, 5.41) is 18.1. The molecule has 2 aromatic rings. The number of carboxylic acid groups (broad SMARTS) is 1. The van der Waals surface area contributed by atoms with E-state index in [1.54, 1.807) is 30.5 Å². The maximum absolute atomic E-state index is 12.8. The zero-order valence-electron chi connectivity index (χ0n) is 14.0. The Balaban J connectivity index is 1.80. The lowest BCUT2D eigenvalue weighted by Crippen LogP contribution is -2.54. The van der Waals surface area contributed by atoms with Crippen LogP contribution in [0.2, 0.25) is 10.0 Å². The fourth-order valence-electron chi connectivity index (χ4n) is 2.79. The number of hydrogen-bond acceptors (Lipinski definition) is 5. The third-order valence-corrected chi connectivity index (χ3v) is 4.91. The molecule has 1 N–H and O–H groups in total. The third kappa shape index (κ3) is 3.47. The number of carbonyl (C=O) groups is 2. The highest BCUT2D eigenvalue weighted by molar-refractivity contribution is 6.42. The normalized spacial score (nSPS) is 17.5. The van der Waals surface area contributed by atoms with E-state index in [4.69, 9.17) is 27.9 Å². The number of rotatable bonds is 4. The minimum Gasteiger partial charge on any atom is -0.481 e. The first-order valence-electron chi connectivity index (χ1n) is 7.81. The van der Waals surface area contributed by atoms with E-state index in [0.29, 0.717) is 27.4 Å². The molecule has 0 aliphatic carbocycles. The van der Waals surface area contributed by atoms with Crippen LogP contribution in [-0.2, 0) is 22.7 Å². The van der Waals surface area contributed by atoms with Gasteiger partial charge in [-0.25, -0.2) is 4.79 Å². The predicted octanol–water partition coefficient (Wildman–Crippen LogP) is 2.16. The number of halogens is 2. The molecule has 0 bridgehead atoms. The molecule has 3 rings (SSSR count). The first-order valence-corrected chi connectivity index (χ1v) is 8.57. The molecule has 0 radical (unpaired) electrons. The summed E-state index contributed by atoms with van der Waals surface area (Å²) < 4.78 is 7.32. The Morgan fingerprint density at radius 1 is 1.31 bits per heavy atom. The molecule has 0 saturated carbocycles. The summed E-state index contributed by atoms with van der Waals surface area (Å²) in [5.41, 5.74) is 0. The monoisotopic (exact) mass is 398 g/mol. The second-order valence-corrected chi connectivity index (χ2v) is 6.74. The topological polar surface area (TPSA) is 97.5 Å². The molecule has 2 atom stereocenters. The summed E-state index contributed by atoms with van der Waals surface area (Å²) in [6.07, 6.45) is -0.912. The number of nitrogens with zero attached hydrogens (tertiary/aromatic N) is 4. The van der Waals surface area contributed by atoms with E-state index in [1.807, 2.05) is 0 Å². The zero-order valence-corrected chi connectivity index (χ0v) is 15.5. The van der Waals surface area contributed by atoms with E-state index < -0.39 is 24.0 Å². The van der Waals surface area contributed by atoms with Gasteiger partial charge in [-0.2, -0.15) is 0 Å². The molecule has 0 spiro atoms. The van der Waals surface area contributed by atoms with Crippen LogP contribution in [0.3, 0.4) is 0 Å². The highest BCUT2D eigenvalue weighted by atomic mass is 35.5. The second-order valence-electron chi connectivity index (χ2n) is 5.93. The quantitative estimate of drug-likeness (QED) is 0.846. The molecule has 10 heteroatoms. The molecular weight excluding hydrogens is 383 g/mol. The molecule has 0 saturated heterocycles. The van der Waals surface area contributed by atoms with Crippen LogP contribution in [0.5, 0.6) is 5.75 Å². The van der Waals surface area contributed by atoms with E-state index in [2.05, 4.69) is 10.2 Å². The molecule has 8 nitrogen and oxygen atoms in total. The van der Waals surface area contributed by atoms with Gasteiger partial charge in [0.15, 0.2) is 11.9 Å². The van der Waals surface area contributed by atoms with Crippen LogP contribution in [0.15, 0.2) is 18.2 Å². The SMILES string of the molecule is Cc1nnc2n1CC(C(=O)O)N(C(=O)C(C)Oc1ccc(Cl)c(Cl)c1)C2. The maximum atomic E-state index is 12.8. The third-order valence-electron chi connectivity index (χ3n) is 4.18. The van der Waals surface area contributed by atoms with Gasteiger partial charge in [-0.1, -0.05) is 23.2 Å². The van der Waals surface area contributed by atoms with Crippen molar-refractivity contribution in [2.45, 2.75) is 39.1 Å². The Morgan fingerprint density at radius 2 is 2.04 bits per heavy atom. The lowest BCUT2D eigenvalue weighted by atomic mass is 10.1. The van der Waals surface area contributed by atoms with Crippen molar-refractivity contribution in [3.05, 3.63) is 39.9 Å². The number of aryl methyl sites for hydroxylation is 1. The Morgan fingerprint density at radius 3 is 2.69 bits per heavy atom. The number of fused-ring (bicyclic) bond motifs is 1. The van der Waals surface area contributed by atoms with Gasteiger partial charge in [0.25, 0.3) is 5.91 Å². The van der Waals surface area contributed by atoms with Gasteiger partial charge < -0.3 is 19.3 Å². The molecule has 1 aromatic carbocycles. The number of aromatic nitrogens is 3. The largest absolute Gasteiger partial charge is 0.481 e. The molecule has 2 unspecified atom stereocenters. The zero-order chi connectivity index (χ0) is 19.0. The average Bonchev–Trinajstić information content (AvgIpc) is 2.96. The number of carbonyl (C=O) groups excluding carboxylic acids is 1. The second kappa shape index (κ2) is 7.13. The number of amides is 1. The molecule has 0 fully saturated rings. The van der Waals surface area contributed by atoms with Crippen molar-refractivity contribution < 1.29 is 19.4 Å². The van der Waals surface area contributed by atoms with Crippen LogP contribution in [-0.4, -0.2) is 48.8 Å². The average molecular weight is 399 g/mol. The Labute approximate surface area is 159 Å². The maximum Gasteiger partial charge on any atom is 0.328 e.